The van der Waals surface area contributed by atoms with Crippen molar-refractivity contribution in [3.63, 3.8) is 0 Å². The summed E-state index contributed by atoms with van der Waals surface area (Å²) in [5.41, 5.74) is 2.91. The van der Waals surface area contributed by atoms with Crippen LogP contribution in [0.4, 0.5) is 5.69 Å². The summed E-state index contributed by atoms with van der Waals surface area (Å²) >= 11 is 6.36. The SMILES string of the molecule is C=CCC[C@@H](C(=O)N1CCC(C(=O)OC)CC1)S(=O)(=O)NC(=O)c1ccc2c(c1)N(C[C@@H]1CC[C@H]1[C@@H](O)/C=C/CCC)CCCCc1cc(Cl)ccc1CO2. The molecule has 0 bridgehead atoms. The molecule has 2 fully saturated rings. The summed E-state index contributed by atoms with van der Waals surface area (Å²) in [4.78, 5) is 43.2. The second kappa shape index (κ2) is 19.8. The number of nitrogens with one attached hydrogen (secondary N) is 1. The van der Waals surface area contributed by atoms with Gasteiger partial charge in [0.25, 0.3) is 5.91 Å². The second-order valence-corrected chi connectivity index (χ2v) is 17.2. The van der Waals surface area contributed by atoms with Gasteiger partial charge in [-0.3, -0.25) is 14.4 Å². The summed E-state index contributed by atoms with van der Waals surface area (Å²) in [5.74, 6) is -1.30. The number of sulfonamides is 1. The van der Waals surface area contributed by atoms with E-state index in [-0.39, 0.29) is 61.8 Å². The number of hydrogen-bond acceptors (Lipinski definition) is 9. The van der Waals surface area contributed by atoms with Crippen LogP contribution in [0.2, 0.25) is 5.02 Å². The van der Waals surface area contributed by atoms with Gasteiger partial charge in [0, 0.05) is 36.8 Å². The number of likely N-dealkylation sites (tertiary alicyclic amines) is 1. The highest BCUT2D eigenvalue weighted by Gasteiger charge is 2.39. The number of carbonyl (C=O) groups is 3. The maximum atomic E-state index is 13.9. The van der Waals surface area contributed by atoms with Gasteiger partial charge in [-0.05, 0) is 118 Å². The molecule has 0 aromatic heterocycles. The molecule has 55 heavy (non-hydrogen) atoms. The Kier molecular flexibility index (Phi) is 15.2. The van der Waals surface area contributed by atoms with Crippen LogP contribution in [-0.2, 0) is 37.4 Å². The highest BCUT2D eigenvalue weighted by molar-refractivity contribution is 7.91. The number of allylic oxidation sites excluding steroid dienone is 2. The summed E-state index contributed by atoms with van der Waals surface area (Å²) in [5, 5.41) is 10.2. The van der Waals surface area contributed by atoms with Gasteiger partial charge in [0.1, 0.15) is 12.4 Å². The first-order valence-electron chi connectivity index (χ1n) is 19.6. The number of benzene rings is 2. The zero-order chi connectivity index (χ0) is 39.5. The zero-order valence-electron chi connectivity index (χ0n) is 32.1. The van der Waals surface area contributed by atoms with Gasteiger partial charge >= 0.3 is 5.97 Å². The largest absolute Gasteiger partial charge is 0.487 e. The predicted octanol–water partition coefficient (Wildman–Crippen LogP) is 6.61. The fourth-order valence-corrected chi connectivity index (χ4v) is 9.40. The van der Waals surface area contributed by atoms with E-state index in [4.69, 9.17) is 21.1 Å². The van der Waals surface area contributed by atoms with Crippen molar-refractivity contribution in [3.05, 3.63) is 82.9 Å². The van der Waals surface area contributed by atoms with Gasteiger partial charge in [0.05, 0.1) is 24.8 Å². The molecule has 2 N–H and O–H groups in total. The number of hydrogen-bond donors (Lipinski definition) is 2. The first kappa shape index (κ1) is 42.3. The van der Waals surface area contributed by atoms with E-state index >= 15 is 0 Å². The molecule has 3 aliphatic rings. The summed E-state index contributed by atoms with van der Waals surface area (Å²) in [6.45, 7) is 7.79. The summed E-state index contributed by atoms with van der Waals surface area (Å²) in [6, 6.07) is 10.7. The van der Waals surface area contributed by atoms with Gasteiger partial charge in [0.15, 0.2) is 5.25 Å². The maximum absolute atomic E-state index is 13.9. The Morgan fingerprint density at radius 2 is 1.84 bits per heavy atom. The van der Waals surface area contributed by atoms with Crippen molar-refractivity contribution in [2.75, 3.05) is 38.2 Å². The molecule has 0 spiro atoms. The lowest BCUT2D eigenvalue weighted by Crippen LogP contribution is -2.51. The van der Waals surface area contributed by atoms with Gasteiger partial charge in [-0.25, -0.2) is 13.1 Å². The number of fused-ring (bicyclic) bond motifs is 2. The summed E-state index contributed by atoms with van der Waals surface area (Å²) < 4.78 is 41.2. The molecule has 2 heterocycles. The Hall–Kier alpha value is -3.87. The van der Waals surface area contributed by atoms with Crippen molar-refractivity contribution in [1.29, 1.82) is 0 Å². The first-order valence-corrected chi connectivity index (χ1v) is 21.5. The second-order valence-electron chi connectivity index (χ2n) is 14.9. The maximum Gasteiger partial charge on any atom is 0.308 e. The molecule has 5 rings (SSSR count). The number of carbonyl (C=O) groups excluding carboxylic acids is 3. The molecule has 1 saturated heterocycles. The Bertz CT molecular complexity index is 1810. The van der Waals surface area contributed by atoms with E-state index in [1.165, 1.54) is 24.2 Å². The number of aliphatic hydroxyl groups is 1. The van der Waals surface area contributed by atoms with E-state index in [2.05, 4.69) is 23.1 Å². The van der Waals surface area contributed by atoms with Crippen LogP contribution in [0, 0.1) is 17.8 Å². The predicted molar refractivity (Wildman–Crippen MR) is 215 cm³/mol. The quantitative estimate of drug-likeness (QED) is 0.160. The number of piperidine rings is 1. The molecule has 300 valence electrons. The number of amides is 2. The van der Waals surface area contributed by atoms with Crippen LogP contribution < -0.4 is 14.4 Å². The lowest BCUT2D eigenvalue weighted by Gasteiger charge is -2.42. The third kappa shape index (κ3) is 10.9. The molecule has 4 atom stereocenters. The van der Waals surface area contributed by atoms with Crippen LogP contribution in [-0.4, -0.2) is 80.9 Å². The first-order chi connectivity index (χ1) is 26.4. The van der Waals surface area contributed by atoms with Gasteiger partial charge in [-0.15, -0.1) is 6.58 Å². The van der Waals surface area contributed by atoms with Crippen LogP contribution in [0.25, 0.3) is 0 Å². The minimum atomic E-state index is -4.49. The zero-order valence-corrected chi connectivity index (χ0v) is 33.7. The number of ether oxygens (including phenoxy) is 2. The number of aryl methyl sites for hydroxylation is 1. The third-order valence-electron chi connectivity index (χ3n) is 11.3. The molecule has 0 radical (unpaired) electrons. The number of methoxy groups -OCH3 is 1. The minimum absolute atomic E-state index is 0.0532. The molecule has 0 unspecified atom stereocenters. The van der Waals surface area contributed by atoms with Crippen LogP contribution in [0.1, 0.15) is 92.6 Å². The average Bonchev–Trinajstić information content (AvgIpc) is 3.19. The number of esters is 1. The van der Waals surface area contributed by atoms with Crippen LogP contribution in [0.15, 0.2) is 61.2 Å². The number of unbranched alkanes of at least 4 members (excludes halogenated alkanes) is 1. The lowest BCUT2D eigenvalue weighted by atomic mass is 9.70. The molecular formula is C42H56ClN3O8S. The van der Waals surface area contributed by atoms with Crippen LogP contribution >= 0.6 is 11.6 Å². The van der Waals surface area contributed by atoms with E-state index in [1.54, 1.807) is 12.1 Å². The van der Waals surface area contributed by atoms with Gasteiger partial charge in [0.2, 0.25) is 15.9 Å². The topological polar surface area (TPSA) is 143 Å². The van der Waals surface area contributed by atoms with Crippen molar-refractivity contribution in [1.82, 2.24) is 9.62 Å². The van der Waals surface area contributed by atoms with Gasteiger partial charge < -0.3 is 24.4 Å². The van der Waals surface area contributed by atoms with Crippen molar-refractivity contribution in [2.24, 2.45) is 17.8 Å². The van der Waals surface area contributed by atoms with Crippen LogP contribution in [0.5, 0.6) is 5.75 Å². The van der Waals surface area contributed by atoms with Gasteiger partial charge in [-0.1, -0.05) is 49.2 Å². The van der Waals surface area contributed by atoms with E-state index in [1.807, 2.05) is 30.4 Å². The Morgan fingerprint density at radius 3 is 2.53 bits per heavy atom. The molecule has 2 aromatic carbocycles. The average molecular weight is 798 g/mol. The summed E-state index contributed by atoms with van der Waals surface area (Å²) in [6.07, 6.45) is 12.2. The molecule has 1 aliphatic carbocycles. The highest BCUT2D eigenvalue weighted by Crippen LogP contribution is 2.41. The van der Waals surface area contributed by atoms with Crippen molar-refractivity contribution >= 4 is 45.1 Å². The highest BCUT2D eigenvalue weighted by atomic mass is 35.5. The molecule has 2 amide bonds. The Balaban J connectivity index is 1.40. The molecule has 13 heteroatoms. The molecule has 2 aliphatic heterocycles. The van der Waals surface area contributed by atoms with Crippen molar-refractivity contribution in [2.45, 2.75) is 95.5 Å². The number of rotatable bonds is 14. The fourth-order valence-electron chi connectivity index (χ4n) is 7.82. The standard InChI is InChI=1S/C42H56ClN3O8S/c1-4-6-8-12-37(47)35-18-15-32(35)27-46-22-10-9-11-30-25-34(43)17-14-33(30)28-54-38-19-16-31(26-36(38)46)40(48)44-55(51,52)39(13-7-5-2)41(49)45-23-20-29(21-24-45)42(50)53-3/h5,8,12,14,16-17,19,25-26,29,32,35,37,39,47H,2,4,6-7,9-11,13,15,18,20-24,27-28H2,1,3H3,(H,44,48)/b12-8+/t32-,35+,37-,39-/m0/s1. The normalized spacial score (nSPS) is 20.5. The lowest BCUT2D eigenvalue weighted by molar-refractivity contribution is -0.148. The van der Waals surface area contributed by atoms with E-state index in [9.17, 15) is 27.9 Å². The van der Waals surface area contributed by atoms with Crippen LogP contribution in [0.3, 0.4) is 0 Å². The fraction of sp³-hybridized carbons (Fsp3) is 0.548. The smallest absolute Gasteiger partial charge is 0.308 e. The number of halogens is 1. The minimum Gasteiger partial charge on any atom is -0.487 e. The molecule has 2 aromatic rings. The van der Waals surface area contributed by atoms with E-state index < -0.39 is 33.2 Å². The van der Waals surface area contributed by atoms with Gasteiger partial charge in [-0.2, -0.15) is 0 Å². The molecule has 1 saturated carbocycles. The van der Waals surface area contributed by atoms with Crippen molar-refractivity contribution < 1.29 is 37.4 Å². The molecular weight excluding hydrogens is 742 g/mol. The number of anilines is 1. The van der Waals surface area contributed by atoms with Crippen molar-refractivity contribution in [3.8, 4) is 5.75 Å². The molecule has 11 nitrogen and oxygen atoms in total. The number of aliphatic hydroxyl groups excluding tert-OH is 1. The monoisotopic (exact) mass is 797 g/mol. The number of nitrogens with zero attached hydrogens (tertiary/aromatic N) is 2. The van der Waals surface area contributed by atoms with E-state index in [0.717, 1.165) is 56.1 Å². The Morgan fingerprint density at radius 1 is 1.05 bits per heavy atom. The summed E-state index contributed by atoms with van der Waals surface area (Å²) in [7, 11) is -3.17. The van der Waals surface area contributed by atoms with E-state index in [0.29, 0.717) is 42.4 Å². The Labute approximate surface area is 331 Å². The third-order valence-corrected chi connectivity index (χ3v) is 13.1.